The van der Waals surface area contributed by atoms with Gasteiger partial charge < -0.3 is 9.47 Å². The molecule has 0 atom stereocenters. The van der Waals surface area contributed by atoms with E-state index in [1.165, 1.54) is 0 Å². The van der Waals surface area contributed by atoms with Gasteiger partial charge in [-0.2, -0.15) is 0 Å². The maximum Gasteiger partial charge on any atom is 0.339 e. The van der Waals surface area contributed by atoms with Crippen LogP contribution in [0.5, 0.6) is 11.5 Å². The van der Waals surface area contributed by atoms with E-state index in [0.29, 0.717) is 10.7 Å². The molecule has 0 fully saturated rings. The van der Waals surface area contributed by atoms with Crippen molar-refractivity contribution in [3.8, 4) is 11.5 Å². The van der Waals surface area contributed by atoms with E-state index in [1.54, 1.807) is 26.5 Å². The lowest BCUT2D eigenvalue weighted by Gasteiger charge is -2.03. The van der Waals surface area contributed by atoms with Gasteiger partial charge in [0, 0.05) is 16.2 Å². The zero-order valence-corrected chi connectivity index (χ0v) is 28.0. The third kappa shape index (κ3) is 14.2. The average Bonchev–Trinajstić information content (AvgIpc) is 2.78. The highest BCUT2D eigenvalue weighted by Gasteiger charge is 2.10. The van der Waals surface area contributed by atoms with Crippen LogP contribution in [-0.4, -0.2) is 28.7 Å². The Morgan fingerprint density at radius 1 is 0.919 bits per heavy atom. The van der Waals surface area contributed by atoms with Gasteiger partial charge in [0.1, 0.15) is 16.7 Å². The highest BCUT2D eigenvalue weighted by Crippen LogP contribution is 2.61. The fourth-order valence-corrected chi connectivity index (χ4v) is 3.49. The van der Waals surface area contributed by atoms with E-state index in [9.17, 15) is 9.77 Å². The number of rotatable bonds is 2. The van der Waals surface area contributed by atoms with Crippen LogP contribution in [0.4, 0.5) is 0 Å². The van der Waals surface area contributed by atoms with E-state index >= 15 is 0 Å². The molecule has 0 saturated heterocycles. The normalized spacial score (nSPS) is 10.5. The summed E-state index contributed by atoms with van der Waals surface area (Å²) in [6, 6.07) is 15.1. The van der Waals surface area contributed by atoms with Crippen LogP contribution in [-0.2, 0) is 4.57 Å². The summed E-state index contributed by atoms with van der Waals surface area (Å²) in [7, 11) is 3.23. The molecular formula is C21H17Br2Cl7N2O4P+. The Labute approximate surface area is 264 Å². The van der Waals surface area contributed by atoms with Crippen molar-refractivity contribution in [3.05, 3.63) is 68.8 Å². The van der Waals surface area contributed by atoms with Gasteiger partial charge in [-0.05, 0) is 102 Å². The second kappa shape index (κ2) is 16.9. The van der Waals surface area contributed by atoms with Gasteiger partial charge in [-0.3, -0.25) is 9.77 Å². The number of hydrogen-bond donors (Lipinski definition) is 1. The molecule has 202 valence electrons. The van der Waals surface area contributed by atoms with Gasteiger partial charge >= 0.3 is 5.20 Å². The Kier molecular flexibility index (Phi) is 15.9. The zero-order valence-electron chi connectivity index (χ0n) is 18.7. The minimum atomic E-state index is -3.22. The molecule has 0 aliphatic rings. The molecule has 2 aromatic carbocycles. The number of nitrogens with zero attached hydrogens (tertiary/aromatic N) is 2. The summed E-state index contributed by atoms with van der Waals surface area (Å²) < 4.78 is 21.6. The van der Waals surface area contributed by atoms with Crippen molar-refractivity contribution >= 4 is 139 Å². The molecule has 1 N–H and O–H groups in total. The van der Waals surface area contributed by atoms with E-state index in [1.807, 2.05) is 42.5 Å². The van der Waals surface area contributed by atoms with Crippen molar-refractivity contribution in [2.24, 2.45) is 0 Å². The second-order valence-corrected chi connectivity index (χ2v) is 17.1. The van der Waals surface area contributed by atoms with Gasteiger partial charge in [0.05, 0.1) is 40.1 Å². The Morgan fingerprint density at radius 2 is 1.41 bits per heavy atom. The first-order chi connectivity index (χ1) is 17.1. The summed E-state index contributed by atoms with van der Waals surface area (Å²) >= 11 is 40.8. The average molecular weight is 800 g/mol. The molecule has 16 heteroatoms. The van der Waals surface area contributed by atoms with Crippen LogP contribution in [0.2, 0.25) is 5.15 Å². The molecule has 0 unspecified atom stereocenters. The molecule has 2 heterocycles. The summed E-state index contributed by atoms with van der Waals surface area (Å²) in [4.78, 5) is 4.22. The standard InChI is InChI=1S/C10H7BrClNO.C10H9BrNO2.CHCl3.Cl3OP/c1-14-7-3-2-6-4-8(11)10(12)13-9(6)5-7;1-14-9-3-2-7-4-8(11)6-12(13)10(7)5-9;2-1(3)4;1-5(2,3)4/h2-5H,1H3;2-6,13H,1H3;1H;/q;+1;;. The first kappa shape index (κ1) is 34.9. The van der Waals surface area contributed by atoms with Crippen LogP contribution in [0.15, 0.2) is 63.7 Å². The predicted octanol–water partition coefficient (Wildman–Crippen LogP) is 10.6. The van der Waals surface area contributed by atoms with Crippen molar-refractivity contribution in [1.82, 2.24) is 4.98 Å². The third-order valence-electron chi connectivity index (χ3n) is 3.96. The molecule has 37 heavy (non-hydrogen) atoms. The number of halogens is 9. The molecule has 0 aliphatic carbocycles. The molecule has 0 spiro atoms. The Balaban J connectivity index is 0.000000281. The smallest absolute Gasteiger partial charge is 0.339 e. The van der Waals surface area contributed by atoms with Crippen LogP contribution in [0.25, 0.3) is 21.8 Å². The number of aromatic nitrogens is 2. The fraction of sp³-hybridized carbons (Fsp3) is 0.143. The number of benzene rings is 2. The minimum absolute atomic E-state index is 0.464. The SMILES string of the molecule is COc1ccc2cc(Br)c(Cl)nc2c1.COc1ccc2cc(Br)c[n+](O)c2c1.ClC(Cl)Cl.O=P(Cl)(Cl)Cl. The lowest BCUT2D eigenvalue weighted by molar-refractivity contribution is -0.885. The Hall–Kier alpha value is -0.120. The summed E-state index contributed by atoms with van der Waals surface area (Å²) in [6.07, 6.45) is 1.59. The van der Waals surface area contributed by atoms with Crippen molar-refractivity contribution < 1.29 is 24.0 Å². The summed E-state index contributed by atoms with van der Waals surface area (Å²) in [5.41, 5.74) is 1.55. The fourth-order valence-electron chi connectivity index (χ4n) is 2.57. The minimum Gasteiger partial charge on any atom is -0.497 e. The number of hydrogen-bond acceptors (Lipinski definition) is 5. The highest BCUT2D eigenvalue weighted by molar-refractivity contribution is 9.10. The molecule has 2 aromatic heterocycles. The lowest BCUT2D eigenvalue weighted by atomic mass is 10.2. The van der Waals surface area contributed by atoms with Crippen molar-refractivity contribution in [3.63, 3.8) is 0 Å². The maximum atomic E-state index is 9.60. The van der Waals surface area contributed by atoms with E-state index in [2.05, 4.69) is 70.6 Å². The van der Waals surface area contributed by atoms with Gasteiger partial charge in [-0.15, -0.1) is 0 Å². The molecule has 4 rings (SSSR count). The number of pyridine rings is 2. The van der Waals surface area contributed by atoms with Gasteiger partial charge in [0.2, 0.25) is 6.20 Å². The van der Waals surface area contributed by atoms with Crippen LogP contribution < -0.4 is 14.2 Å². The third-order valence-corrected chi connectivity index (χ3v) is 5.51. The summed E-state index contributed by atoms with van der Waals surface area (Å²) in [6.45, 7) is 0. The van der Waals surface area contributed by atoms with Gasteiger partial charge in [-0.25, -0.2) is 4.98 Å². The molecule has 0 bridgehead atoms. The number of ether oxygens (including phenoxy) is 2. The van der Waals surface area contributed by atoms with Gasteiger partial charge in [0.25, 0.3) is 5.52 Å². The Bertz CT molecular complexity index is 1370. The lowest BCUT2D eigenvalue weighted by Crippen LogP contribution is -2.30. The second-order valence-electron chi connectivity index (χ2n) is 6.39. The van der Waals surface area contributed by atoms with Gasteiger partial charge in [-0.1, -0.05) is 46.4 Å². The largest absolute Gasteiger partial charge is 0.497 e. The number of fused-ring (bicyclic) bond motifs is 2. The summed E-state index contributed by atoms with van der Waals surface area (Å²) in [5.74, 6) is 1.51. The predicted molar refractivity (Wildman–Crippen MR) is 163 cm³/mol. The van der Waals surface area contributed by atoms with Crippen molar-refractivity contribution in [2.45, 2.75) is 4.30 Å². The summed E-state index contributed by atoms with van der Waals surface area (Å²) in [5, 5.41) is 8.82. The van der Waals surface area contributed by atoms with Crippen molar-refractivity contribution in [1.29, 1.82) is 0 Å². The van der Waals surface area contributed by atoms with Crippen LogP contribution in [0, 0.1) is 0 Å². The molecular weight excluding hydrogens is 783 g/mol. The quantitative estimate of drug-likeness (QED) is 0.0719. The number of alkyl halides is 3. The Morgan fingerprint density at radius 3 is 1.92 bits per heavy atom. The van der Waals surface area contributed by atoms with Crippen LogP contribution >= 0.6 is 117 Å². The number of methoxy groups -OCH3 is 2. The van der Waals surface area contributed by atoms with E-state index in [4.69, 9.17) is 55.9 Å². The van der Waals surface area contributed by atoms with Crippen LogP contribution in [0.3, 0.4) is 0 Å². The van der Waals surface area contributed by atoms with Crippen LogP contribution in [0.1, 0.15) is 0 Å². The molecule has 0 saturated carbocycles. The molecule has 0 aliphatic heterocycles. The molecule has 0 amide bonds. The van der Waals surface area contributed by atoms with E-state index < -0.39 is 9.50 Å². The maximum absolute atomic E-state index is 9.60. The topological polar surface area (TPSA) is 72.5 Å². The molecule has 0 radical (unpaired) electrons. The highest BCUT2D eigenvalue weighted by atomic mass is 79.9. The van der Waals surface area contributed by atoms with Crippen molar-refractivity contribution in [2.75, 3.05) is 14.2 Å². The van der Waals surface area contributed by atoms with E-state index in [-0.39, 0.29) is 0 Å². The first-order valence-electron chi connectivity index (χ1n) is 9.43. The first-order valence-corrected chi connectivity index (χ1v) is 17.1. The zero-order chi connectivity index (χ0) is 28.3. The van der Waals surface area contributed by atoms with Gasteiger partial charge in [0.15, 0.2) is 4.30 Å². The monoisotopic (exact) mass is 795 g/mol. The molecule has 6 nitrogen and oxygen atoms in total. The van der Waals surface area contributed by atoms with E-state index in [0.717, 1.165) is 41.5 Å². The molecule has 4 aromatic rings.